The lowest BCUT2D eigenvalue weighted by molar-refractivity contribution is -0.384. The van der Waals surface area contributed by atoms with E-state index in [2.05, 4.69) is 33.9 Å². The highest BCUT2D eigenvalue weighted by Crippen LogP contribution is 2.41. The normalized spacial score (nSPS) is 20.8. The molecule has 1 aromatic rings. The Bertz CT molecular complexity index is 886. The number of benzene rings is 1. The van der Waals surface area contributed by atoms with Crippen molar-refractivity contribution in [2.75, 3.05) is 19.7 Å². The zero-order valence-corrected chi connectivity index (χ0v) is 22.0. The number of rotatable bonds is 9. The van der Waals surface area contributed by atoms with Crippen molar-refractivity contribution in [1.82, 2.24) is 4.90 Å². The van der Waals surface area contributed by atoms with Crippen LogP contribution in [0.1, 0.15) is 46.1 Å². The van der Waals surface area contributed by atoms with Crippen LogP contribution < -0.4 is 5.73 Å². The Morgan fingerprint density at radius 1 is 1.24 bits per heavy atom. The van der Waals surface area contributed by atoms with E-state index in [4.69, 9.17) is 19.6 Å². The zero-order chi connectivity index (χ0) is 25.7. The van der Waals surface area contributed by atoms with Crippen LogP contribution in [0.5, 0.6) is 0 Å². The molecule has 0 aromatic heterocycles. The SMILES string of the molecule is CCOC(=O)C[C@]1(CN)C[C@@H](O[Si](C)(C)C(C)(C)C)CN1C(=O)OCc1ccc([N+](=O)[O-])cc1. The molecule has 1 saturated heterocycles. The Hall–Kier alpha value is -2.50. The maximum atomic E-state index is 13.2. The molecule has 2 rings (SSSR count). The maximum Gasteiger partial charge on any atom is 0.410 e. The Morgan fingerprint density at radius 2 is 1.85 bits per heavy atom. The number of nitro groups is 1. The van der Waals surface area contributed by atoms with Crippen LogP contribution in [0.2, 0.25) is 18.1 Å². The van der Waals surface area contributed by atoms with Gasteiger partial charge in [-0.15, -0.1) is 0 Å². The molecule has 1 aliphatic heterocycles. The van der Waals surface area contributed by atoms with Gasteiger partial charge in [-0.25, -0.2) is 4.79 Å². The molecule has 1 aliphatic rings. The van der Waals surface area contributed by atoms with E-state index >= 15 is 0 Å². The van der Waals surface area contributed by atoms with Crippen LogP contribution in [0.15, 0.2) is 24.3 Å². The van der Waals surface area contributed by atoms with Gasteiger partial charge in [0.05, 0.1) is 29.6 Å². The average Bonchev–Trinajstić information content (AvgIpc) is 3.09. The predicted octanol–water partition coefficient (Wildman–Crippen LogP) is 3.98. The Kier molecular flexibility index (Phi) is 8.84. The monoisotopic (exact) mass is 495 g/mol. The van der Waals surface area contributed by atoms with E-state index < -0.39 is 30.8 Å². The summed E-state index contributed by atoms with van der Waals surface area (Å²) in [5.74, 6) is -0.436. The van der Waals surface area contributed by atoms with Crippen molar-refractivity contribution in [3.8, 4) is 0 Å². The minimum absolute atomic E-state index is 0.0244. The highest BCUT2D eigenvalue weighted by molar-refractivity contribution is 6.74. The summed E-state index contributed by atoms with van der Waals surface area (Å²) in [6, 6.07) is 5.78. The standard InChI is InChI=1S/C23H37N3O7Si/c1-7-31-20(27)13-23(16-24)12-19(33-34(5,6)22(2,3)4)14-25(23)21(28)32-15-17-8-10-18(11-9-17)26(29)30/h8-11,19H,7,12-16,24H2,1-6H3/t19-,23+/m1/s1. The van der Waals surface area contributed by atoms with Gasteiger partial charge in [-0.3, -0.25) is 19.8 Å². The second-order valence-corrected chi connectivity index (χ2v) is 15.0. The molecule has 1 fully saturated rings. The summed E-state index contributed by atoms with van der Waals surface area (Å²) in [7, 11) is -2.14. The van der Waals surface area contributed by atoms with Crippen molar-refractivity contribution in [3.05, 3.63) is 39.9 Å². The van der Waals surface area contributed by atoms with Crippen molar-refractivity contribution in [2.45, 2.75) is 76.9 Å². The number of hydrogen-bond acceptors (Lipinski definition) is 8. The number of nitrogens with two attached hydrogens (primary N) is 1. The fourth-order valence-corrected chi connectivity index (χ4v) is 5.13. The highest BCUT2D eigenvalue weighted by Gasteiger charge is 2.52. The molecule has 11 heteroatoms. The van der Waals surface area contributed by atoms with Gasteiger partial charge in [-0.05, 0) is 49.2 Å². The summed E-state index contributed by atoms with van der Waals surface area (Å²) in [5.41, 5.74) is 5.72. The molecular formula is C23H37N3O7Si. The number of amides is 1. The van der Waals surface area contributed by atoms with Gasteiger partial charge in [0, 0.05) is 25.2 Å². The first kappa shape index (κ1) is 27.7. The van der Waals surface area contributed by atoms with Crippen molar-refractivity contribution in [1.29, 1.82) is 0 Å². The van der Waals surface area contributed by atoms with Crippen molar-refractivity contribution >= 4 is 26.1 Å². The molecule has 2 atom stereocenters. The number of carbonyl (C=O) groups excluding carboxylic acids is 2. The molecule has 0 radical (unpaired) electrons. The van der Waals surface area contributed by atoms with Crippen molar-refractivity contribution in [3.63, 3.8) is 0 Å². The average molecular weight is 496 g/mol. The van der Waals surface area contributed by atoms with Gasteiger partial charge in [-0.1, -0.05) is 20.8 Å². The van der Waals surface area contributed by atoms with Gasteiger partial charge >= 0.3 is 12.1 Å². The summed E-state index contributed by atoms with van der Waals surface area (Å²) < 4.78 is 17.2. The van der Waals surface area contributed by atoms with Crippen LogP contribution in [0.4, 0.5) is 10.5 Å². The Morgan fingerprint density at radius 3 is 2.35 bits per heavy atom. The van der Waals surface area contributed by atoms with E-state index in [0.717, 1.165) is 0 Å². The Balaban J connectivity index is 2.21. The van der Waals surface area contributed by atoms with Crippen LogP contribution >= 0.6 is 0 Å². The van der Waals surface area contributed by atoms with Crippen molar-refractivity contribution < 1.29 is 28.4 Å². The molecular weight excluding hydrogens is 458 g/mol. The molecule has 34 heavy (non-hydrogen) atoms. The second kappa shape index (κ2) is 10.8. The Labute approximate surface area is 202 Å². The minimum Gasteiger partial charge on any atom is -0.466 e. The minimum atomic E-state index is -2.14. The number of esters is 1. The first-order chi connectivity index (χ1) is 15.7. The molecule has 10 nitrogen and oxygen atoms in total. The van der Waals surface area contributed by atoms with Gasteiger partial charge in [0.25, 0.3) is 5.69 Å². The van der Waals surface area contributed by atoms with Gasteiger partial charge in [-0.2, -0.15) is 0 Å². The van der Waals surface area contributed by atoms with E-state index in [0.29, 0.717) is 12.0 Å². The number of likely N-dealkylation sites (tertiary alicyclic amines) is 1. The third kappa shape index (κ3) is 6.54. The fraction of sp³-hybridized carbons (Fsp3) is 0.652. The van der Waals surface area contributed by atoms with Crippen LogP contribution in [0.25, 0.3) is 0 Å². The molecule has 0 saturated carbocycles. The van der Waals surface area contributed by atoms with Gasteiger partial charge in [0.15, 0.2) is 8.32 Å². The maximum absolute atomic E-state index is 13.2. The first-order valence-electron chi connectivity index (χ1n) is 11.5. The topological polar surface area (TPSA) is 134 Å². The molecule has 2 N–H and O–H groups in total. The molecule has 0 aliphatic carbocycles. The predicted molar refractivity (Wildman–Crippen MR) is 130 cm³/mol. The third-order valence-electron chi connectivity index (χ3n) is 6.72. The highest BCUT2D eigenvalue weighted by atomic mass is 28.4. The second-order valence-electron chi connectivity index (χ2n) is 10.2. The van der Waals surface area contributed by atoms with E-state index in [1.54, 1.807) is 6.92 Å². The van der Waals surface area contributed by atoms with E-state index in [1.807, 2.05) is 0 Å². The molecule has 0 spiro atoms. The summed E-state index contributed by atoms with van der Waals surface area (Å²) in [6.07, 6.45) is -0.553. The number of nitrogens with zero attached hydrogens (tertiary/aromatic N) is 2. The number of nitro benzene ring substituents is 1. The summed E-state index contributed by atoms with van der Waals surface area (Å²) in [6.45, 7) is 12.9. The van der Waals surface area contributed by atoms with Gasteiger partial charge in [0.1, 0.15) is 6.61 Å². The van der Waals surface area contributed by atoms with Crippen LogP contribution in [-0.4, -0.2) is 61.5 Å². The smallest absolute Gasteiger partial charge is 0.410 e. The molecule has 1 heterocycles. The third-order valence-corrected chi connectivity index (χ3v) is 11.3. The first-order valence-corrected chi connectivity index (χ1v) is 14.4. The quantitative estimate of drug-likeness (QED) is 0.235. The largest absolute Gasteiger partial charge is 0.466 e. The zero-order valence-electron chi connectivity index (χ0n) is 21.0. The van der Waals surface area contributed by atoms with E-state index in [9.17, 15) is 19.7 Å². The summed E-state index contributed by atoms with van der Waals surface area (Å²) in [4.78, 5) is 37.4. The van der Waals surface area contributed by atoms with E-state index in [-0.39, 0.29) is 49.6 Å². The number of ether oxygens (including phenoxy) is 2. The lowest BCUT2D eigenvalue weighted by Gasteiger charge is -2.38. The van der Waals surface area contributed by atoms with Gasteiger partial charge < -0.3 is 19.6 Å². The lowest BCUT2D eigenvalue weighted by Crippen LogP contribution is -2.53. The number of carbonyl (C=O) groups is 2. The van der Waals surface area contributed by atoms with Crippen molar-refractivity contribution in [2.24, 2.45) is 5.73 Å². The lowest BCUT2D eigenvalue weighted by atomic mass is 9.91. The van der Waals surface area contributed by atoms with Crippen LogP contribution in [0, 0.1) is 10.1 Å². The van der Waals surface area contributed by atoms with Crippen LogP contribution in [0.3, 0.4) is 0 Å². The fourth-order valence-electron chi connectivity index (χ4n) is 3.79. The molecule has 1 amide bonds. The summed E-state index contributed by atoms with van der Waals surface area (Å²) >= 11 is 0. The number of non-ortho nitro benzene ring substituents is 1. The molecule has 1 aromatic carbocycles. The molecule has 0 unspecified atom stereocenters. The van der Waals surface area contributed by atoms with Crippen LogP contribution in [-0.2, 0) is 25.3 Å². The molecule has 0 bridgehead atoms. The number of hydrogen-bond donors (Lipinski definition) is 1. The molecule has 190 valence electrons. The summed E-state index contributed by atoms with van der Waals surface area (Å²) in [5, 5.41) is 10.8. The van der Waals surface area contributed by atoms with E-state index in [1.165, 1.54) is 29.2 Å². The van der Waals surface area contributed by atoms with Gasteiger partial charge in [0.2, 0.25) is 0 Å².